The van der Waals surface area contributed by atoms with E-state index in [1.165, 1.54) is 5.69 Å². The molecule has 1 aliphatic heterocycles. The Morgan fingerprint density at radius 1 is 1.28 bits per heavy atom. The molecular formula is C20H28N4O. The quantitative estimate of drug-likeness (QED) is 0.859. The average Bonchev–Trinajstić information content (AvgIpc) is 2.83. The van der Waals surface area contributed by atoms with Gasteiger partial charge in [0.25, 0.3) is 5.91 Å². The number of fused-ring (bicyclic) bond motifs is 1. The lowest BCUT2D eigenvalue weighted by Crippen LogP contribution is -2.32. The molecule has 1 aromatic carbocycles. The fraction of sp³-hybridized carbons (Fsp3) is 0.500. The zero-order valence-corrected chi connectivity index (χ0v) is 15.7. The van der Waals surface area contributed by atoms with Gasteiger partial charge in [-0.15, -0.1) is 0 Å². The Labute approximate surface area is 150 Å². The summed E-state index contributed by atoms with van der Waals surface area (Å²) < 4.78 is 2.22. The van der Waals surface area contributed by atoms with Gasteiger partial charge in [-0.25, -0.2) is 4.98 Å². The number of imidazole rings is 1. The Morgan fingerprint density at radius 3 is 2.76 bits per heavy atom. The molecule has 1 aromatic heterocycles. The van der Waals surface area contributed by atoms with E-state index in [9.17, 15) is 4.79 Å². The van der Waals surface area contributed by atoms with E-state index < -0.39 is 0 Å². The maximum absolute atomic E-state index is 13.0. The van der Waals surface area contributed by atoms with Crippen LogP contribution in [-0.4, -0.2) is 44.9 Å². The number of carbonyl (C=O) groups excluding carboxylic acids is 1. The number of amides is 1. The highest BCUT2D eigenvalue weighted by molar-refractivity contribution is 5.95. The second-order valence-corrected chi connectivity index (χ2v) is 7.24. The molecule has 0 spiro atoms. The van der Waals surface area contributed by atoms with Crippen LogP contribution < -0.4 is 0 Å². The summed E-state index contributed by atoms with van der Waals surface area (Å²) in [7, 11) is 2.11. The summed E-state index contributed by atoms with van der Waals surface area (Å²) in [5.74, 6) is 0.121. The van der Waals surface area contributed by atoms with Crippen LogP contribution in [0.4, 0.5) is 0 Å². The summed E-state index contributed by atoms with van der Waals surface area (Å²) in [5, 5.41) is 0. The molecule has 0 saturated carbocycles. The van der Waals surface area contributed by atoms with Gasteiger partial charge in [0.2, 0.25) is 0 Å². The summed E-state index contributed by atoms with van der Waals surface area (Å²) >= 11 is 0. The van der Waals surface area contributed by atoms with Crippen LogP contribution in [-0.2, 0) is 19.6 Å². The summed E-state index contributed by atoms with van der Waals surface area (Å²) in [6.45, 7) is 9.52. The van der Waals surface area contributed by atoms with E-state index in [0.29, 0.717) is 12.6 Å². The van der Waals surface area contributed by atoms with Crippen LogP contribution in [0.5, 0.6) is 0 Å². The number of benzene rings is 1. The van der Waals surface area contributed by atoms with Crippen molar-refractivity contribution in [2.45, 2.75) is 52.9 Å². The summed E-state index contributed by atoms with van der Waals surface area (Å²) in [5.41, 5.74) is 4.09. The first kappa shape index (κ1) is 17.7. The molecule has 0 aliphatic carbocycles. The molecule has 1 aliphatic rings. The molecule has 2 aromatic rings. The van der Waals surface area contributed by atoms with Crippen molar-refractivity contribution in [1.29, 1.82) is 0 Å². The number of aromatic nitrogens is 2. The Bertz CT molecular complexity index is 750. The second kappa shape index (κ2) is 7.40. The van der Waals surface area contributed by atoms with E-state index in [1.54, 1.807) is 0 Å². The molecule has 5 nitrogen and oxygen atoms in total. The van der Waals surface area contributed by atoms with Crippen LogP contribution in [0.15, 0.2) is 30.6 Å². The molecule has 134 valence electrons. The second-order valence-electron chi connectivity index (χ2n) is 7.24. The molecular weight excluding hydrogens is 312 g/mol. The van der Waals surface area contributed by atoms with Gasteiger partial charge < -0.3 is 9.47 Å². The predicted molar refractivity (Wildman–Crippen MR) is 99.4 cm³/mol. The van der Waals surface area contributed by atoms with Crippen molar-refractivity contribution < 1.29 is 4.79 Å². The van der Waals surface area contributed by atoms with Gasteiger partial charge in [-0.2, -0.15) is 0 Å². The molecule has 0 radical (unpaired) electrons. The van der Waals surface area contributed by atoms with Crippen molar-refractivity contribution in [2.75, 3.05) is 13.6 Å². The largest absolute Gasteiger partial charge is 0.333 e. The molecule has 2 heterocycles. The van der Waals surface area contributed by atoms with Crippen LogP contribution in [0.3, 0.4) is 0 Å². The van der Waals surface area contributed by atoms with Gasteiger partial charge in [0, 0.05) is 31.2 Å². The van der Waals surface area contributed by atoms with E-state index in [4.69, 9.17) is 0 Å². The zero-order chi connectivity index (χ0) is 18.0. The number of hydrogen-bond acceptors (Lipinski definition) is 3. The minimum Gasteiger partial charge on any atom is -0.333 e. The Hall–Kier alpha value is -2.14. The molecule has 25 heavy (non-hydrogen) atoms. The molecule has 0 saturated heterocycles. The maximum atomic E-state index is 13.0. The lowest BCUT2D eigenvalue weighted by molar-refractivity contribution is 0.0744. The van der Waals surface area contributed by atoms with Gasteiger partial charge in [0.15, 0.2) is 0 Å². The van der Waals surface area contributed by atoms with Crippen LogP contribution in [0.2, 0.25) is 0 Å². The number of nitrogens with zero attached hydrogens (tertiary/aromatic N) is 4. The SMILES string of the molecule is Cc1ccccc1C(=O)N1CCCn2cnc(CN(C)C(C)C)c2C1. The molecule has 1 amide bonds. The summed E-state index contributed by atoms with van der Waals surface area (Å²) in [6.07, 6.45) is 2.89. The zero-order valence-electron chi connectivity index (χ0n) is 15.7. The molecule has 0 atom stereocenters. The highest BCUT2D eigenvalue weighted by atomic mass is 16.2. The minimum atomic E-state index is 0.121. The van der Waals surface area contributed by atoms with Crippen LogP contribution in [0.25, 0.3) is 0 Å². The van der Waals surface area contributed by atoms with Crippen molar-refractivity contribution in [3.8, 4) is 0 Å². The summed E-state index contributed by atoms with van der Waals surface area (Å²) in [6, 6.07) is 8.30. The van der Waals surface area contributed by atoms with Crippen LogP contribution in [0.1, 0.15) is 47.6 Å². The minimum absolute atomic E-state index is 0.121. The predicted octanol–water partition coefficient (Wildman–Crippen LogP) is 3.08. The fourth-order valence-corrected chi connectivity index (χ4v) is 3.22. The highest BCUT2D eigenvalue weighted by Gasteiger charge is 2.24. The average molecular weight is 340 g/mol. The molecule has 0 fully saturated rings. The molecule has 5 heteroatoms. The monoisotopic (exact) mass is 340 g/mol. The lowest BCUT2D eigenvalue weighted by Gasteiger charge is -2.23. The van der Waals surface area contributed by atoms with Gasteiger partial charge in [-0.1, -0.05) is 18.2 Å². The standard InChI is InChI=1S/C20H28N4O/c1-15(2)22(4)12-18-19-13-23(10-7-11-24(19)14-21-18)20(25)17-9-6-5-8-16(17)3/h5-6,8-9,14-15H,7,10-13H2,1-4H3. The first-order valence-electron chi connectivity index (χ1n) is 9.05. The van der Waals surface area contributed by atoms with Crippen molar-refractivity contribution in [1.82, 2.24) is 19.4 Å². The smallest absolute Gasteiger partial charge is 0.254 e. The van der Waals surface area contributed by atoms with Crippen molar-refractivity contribution >= 4 is 5.91 Å². The number of rotatable bonds is 4. The van der Waals surface area contributed by atoms with Crippen LogP contribution >= 0.6 is 0 Å². The maximum Gasteiger partial charge on any atom is 0.254 e. The van der Waals surface area contributed by atoms with Crippen molar-refractivity contribution in [3.05, 3.63) is 53.1 Å². The topological polar surface area (TPSA) is 41.4 Å². The van der Waals surface area contributed by atoms with E-state index in [2.05, 4.69) is 35.3 Å². The van der Waals surface area contributed by atoms with E-state index in [-0.39, 0.29) is 5.91 Å². The first-order chi connectivity index (χ1) is 12.0. The first-order valence-corrected chi connectivity index (χ1v) is 9.05. The van der Waals surface area contributed by atoms with Gasteiger partial charge in [-0.05, 0) is 45.9 Å². The fourth-order valence-electron chi connectivity index (χ4n) is 3.22. The van der Waals surface area contributed by atoms with Gasteiger partial charge >= 0.3 is 0 Å². The Morgan fingerprint density at radius 2 is 2.04 bits per heavy atom. The van der Waals surface area contributed by atoms with Gasteiger partial charge in [-0.3, -0.25) is 9.69 Å². The van der Waals surface area contributed by atoms with Gasteiger partial charge in [0.05, 0.1) is 24.3 Å². The number of carbonyl (C=O) groups is 1. The number of hydrogen-bond donors (Lipinski definition) is 0. The van der Waals surface area contributed by atoms with Crippen molar-refractivity contribution in [3.63, 3.8) is 0 Å². The van der Waals surface area contributed by atoms with E-state index >= 15 is 0 Å². The number of aryl methyl sites for hydroxylation is 2. The normalized spacial score (nSPS) is 14.7. The van der Waals surface area contributed by atoms with Crippen molar-refractivity contribution in [2.24, 2.45) is 0 Å². The third kappa shape index (κ3) is 3.76. The molecule has 3 rings (SSSR count). The Balaban J connectivity index is 1.84. The third-order valence-electron chi connectivity index (χ3n) is 5.14. The van der Waals surface area contributed by atoms with E-state index in [0.717, 1.165) is 42.9 Å². The third-order valence-corrected chi connectivity index (χ3v) is 5.14. The van der Waals surface area contributed by atoms with Gasteiger partial charge in [0.1, 0.15) is 0 Å². The van der Waals surface area contributed by atoms with E-state index in [1.807, 2.05) is 42.4 Å². The summed E-state index contributed by atoms with van der Waals surface area (Å²) in [4.78, 5) is 21.9. The highest BCUT2D eigenvalue weighted by Crippen LogP contribution is 2.20. The lowest BCUT2D eigenvalue weighted by atomic mass is 10.1. The molecule has 0 bridgehead atoms. The van der Waals surface area contributed by atoms with Crippen LogP contribution in [0, 0.1) is 6.92 Å². The Kier molecular flexibility index (Phi) is 5.23. The molecule has 0 N–H and O–H groups in total. The molecule has 0 unspecified atom stereocenters.